The van der Waals surface area contributed by atoms with Crippen molar-refractivity contribution in [3.05, 3.63) is 70.3 Å². The summed E-state index contributed by atoms with van der Waals surface area (Å²) in [6.07, 6.45) is 1.08. The number of hydrogen-bond donors (Lipinski definition) is 0. The van der Waals surface area contributed by atoms with Crippen molar-refractivity contribution >= 4 is 10.8 Å². The topological polar surface area (TPSA) is 0 Å². The second-order valence-corrected chi connectivity index (χ2v) is 5.96. The number of rotatable bonds is 0. The SMILES string of the molecule is Cc1cc2c(c(C)c1C)Cc1c-2ccc2ccccc12. The van der Waals surface area contributed by atoms with Crippen molar-refractivity contribution in [2.24, 2.45) is 0 Å². The molecule has 0 spiro atoms. The maximum Gasteiger partial charge on any atom is -0.000455 e. The van der Waals surface area contributed by atoms with E-state index in [4.69, 9.17) is 0 Å². The van der Waals surface area contributed by atoms with E-state index in [0.717, 1.165) is 6.42 Å². The normalized spacial score (nSPS) is 12.6. The van der Waals surface area contributed by atoms with Crippen LogP contribution in [0.15, 0.2) is 42.5 Å². The first-order valence-corrected chi connectivity index (χ1v) is 7.27. The third-order valence-electron chi connectivity index (χ3n) is 4.98. The molecule has 0 heterocycles. The van der Waals surface area contributed by atoms with Gasteiger partial charge in [0.1, 0.15) is 0 Å². The van der Waals surface area contributed by atoms with Crippen LogP contribution in [-0.4, -0.2) is 0 Å². The van der Waals surface area contributed by atoms with Crippen LogP contribution in [0.1, 0.15) is 27.8 Å². The first kappa shape index (κ1) is 11.7. The van der Waals surface area contributed by atoms with E-state index in [1.807, 2.05) is 0 Å². The van der Waals surface area contributed by atoms with Gasteiger partial charge in [-0.05, 0) is 76.9 Å². The lowest BCUT2D eigenvalue weighted by atomic mass is 9.94. The Bertz CT molecular complexity index is 854. The van der Waals surface area contributed by atoms with Crippen LogP contribution in [0.4, 0.5) is 0 Å². The van der Waals surface area contributed by atoms with Gasteiger partial charge in [-0.15, -0.1) is 0 Å². The zero-order valence-electron chi connectivity index (χ0n) is 12.2. The first-order valence-electron chi connectivity index (χ1n) is 7.27. The highest BCUT2D eigenvalue weighted by Crippen LogP contribution is 2.43. The van der Waals surface area contributed by atoms with Gasteiger partial charge in [-0.1, -0.05) is 42.5 Å². The fourth-order valence-corrected chi connectivity index (χ4v) is 3.56. The van der Waals surface area contributed by atoms with Gasteiger partial charge in [-0.2, -0.15) is 0 Å². The molecule has 1 aliphatic carbocycles. The van der Waals surface area contributed by atoms with Gasteiger partial charge in [0.15, 0.2) is 0 Å². The Balaban J connectivity index is 2.08. The number of hydrogen-bond acceptors (Lipinski definition) is 0. The van der Waals surface area contributed by atoms with Crippen LogP contribution in [0.3, 0.4) is 0 Å². The second kappa shape index (κ2) is 3.96. The lowest BCUT2D eigenvalue weighted by Gasteiger charge is -2.11. The highest BCUT2D eigenvalue weighted by atomic mass is 14.3. The highest BCUT2D eigenvalue weighted by molar-refractivity contribution is 5.95. The lowest BCUT2D eigenvalue weighted by molar-refractivity contribution is 1.17. The third-order valence-corrected chi connectivity index (χ3v) is 4.98. The molecule has 0 fully saturated rings. The molecular formula is C20H18. The third kappa shape index (κ3) is 1.42. The van der Waals surface area contributed by atoms with E-state index in [-0.39, 0.29) is 0 Å². The van der Waals surface area contributed by atoms with Crippen molar-refractivity contribution in [2.75, 3.05) is 0 Å². The fourth-order valence-electron chi connectivity index (χ4n) is 3.56. The summed E-state index contributed by atoms with van der Waals surface area (Å²) in [7, 11) is 0. The summed E-state index contributed by atoms with van der Waals surface area (Å²) >= 11 is 0. The lowest BCUT2D eigenvalue weighted by Crippen LogP contribution is -1.93. The van der Waals surface area contributed by atoms with Crippen molar-refractivity contribution < 1.29 is 0 Å². The molecule has 0 bridgehead atoms. The van der Waals surface area contributed by atoms with E-state index in [9.17, 15) is 0 Å². The molecule has 0 amide bonds. The zero-order valence-corrected chi connectivity index (χ0v) is 12.2. The van der Waals surface area contributed by atoms with Gasteiger partial charge in [0.2, 0.25) is 0 Å². The standard InChI is InChI=1S/C20H18/c1-12-10-19-17-9-8-15-6-4-5-7-16(15)20(17)11-18(19)14(3)13(12)2/h4-10H,11H2,1-3H3. The van der Waals surface area contributed by atoms with Crippen LogP contribution in [0, 0.1) is 20.8 Å². The molecule has 0 aliphatic heterocycles. The van der Waals surface area contributed by atoms with Gasteiger partial charge in [-0.25, -0.2) is 0 Å². The summed E-state index contributed by atoms with van der Waals surface area (Å²) in [6, 6.07) is 15.7. The monoisotopic (exact) mass is 258 g/mol. The molecule has 3 aromatic rings. The molecule has 98 valence electrons. The van der Waals surface area contributed by atoms with Gasteiger partial charge in [-0.3, -0.25) is 0 Å². The Hall–Kier alpha value is -2.08. The van der Waals surface area contributed by atoms with E-state index in [1.165, 1.54) is 49.7 Å². The van der Waals surface area contributed by atoms with Crippen molar-refractivity contribution in [2.45, 2.75) is 27.2 Å². The molecule has 4 rings (SSSR count). The summed E-state index contributed by atoms with van der Waals surface area (Å²) in [5, 5.41) is 2.76. The van der Waals surface area contributed by atoms with E-state index in [0.29, 0.717) is 0 Å². The van der Waals surface area contributed by atoms with E-state index in [1.54, 1.807) is 0 Å². The Kier molecular flexibility index (Phi) is 2.32. The largest absolute Gasteiger partial charge is 0.0616 e. The summed E-state index contributed by atoms with van der Waals surface area (Å²) in [4.78, 5) is 0. The van der Waals surface area contributed by atoms with Crippen molar-refractivity contribution in [3.63, 3.8) is 0 Å². The summed E-state index contributed by atoms with van der Waals surface area (Å²) in [5.41, 5.74) is 10.2. The maximum absolute atomic E-state index is 2.37. The van der Waals surface area contributed by atoms with Gasteiger partial charge in [0.25, 0.3) is 0 Å². The fraction of sp³-hybridized carbons (Fsp3) is 0.200. The molecule has 0 atom stereocenters. The molecule has 1 aliphatic rings. The molecule has 0 radical (unpaired) electrons. The van der Waals surface area contributed by atoms with Crippen molar-refractivity contribution in [3.8, 4) is 11.1 Å². The van der Waals surface area contributed by atoms with Crippen LogP contribution < -0.4 is 0 Å². The van der Waals surface area contributed by atoms with Crippen molar-refractivity contribution in [1.29, 1.82) is 0 Å². The smallest absolute Gasteiger partial charge is 0.000455 e. The predicted molar refractivity (Wildman–Crippen MR) is 86.4 cm³/mol. The van der Waals surface area contributed by atoms with Gasteiger partial charge < -0.3 is 0 Å². The quantitative estimate of drug-likeness (QED) is 0.399. The number of fused-ring (bicyclic) bond motifs is 5. The predicted octanol–water partition coefficient (Wildman–Crippen LogP) is 5.34. The van der Waals surface area contributed by atoms with Gasteiger partial charge in [0, 0.05) is 0 Å². The molecular weight excluding hydrogens is 240 g/mol. The summed E-state index contributed by atoms with van der Waals surface area (Å²) in [5.74, 6) is 0. The molecule has 0 saturated heterocycles. The molecule has 20 heavy (non-hydrogen) atoms. The Morgan fingerprint density at radius 3 is 2.40 bits per heavy atom. The molecule has 0 heteroatoms. The molecule has 0 nitrogen and oxygen atoms in total. The molecule has 0 unspecified atom stereocenters. The van der Waals surface area contributed by atoms with Crippen LogP contribution in [0.25, 0.3) is 21.9 Å². The minimum absolute atomic E-state index is 1.08. The minimum atomic E-state index is 1.08. The maximum atomic E-state index is 2.37. The summed E-state index contributed by atoms with van der Waals surface area (Å²) < 4.78 is 0. The number of aryl methyl sites for hydroxylation is 1. The minimum Gasteiger partial charge on any atom is -0.0616 e. The Morgan fingerprint density at radius 2 is 1.55 bits per heavy atom. The molecule has 3 aromatic carbocycles. The summed E-state index contributed by atoms with van der Waals surface area (Å²) in [6.45, 7) is 6.74. The van der Waals surface area contributed by atoms with Crippen molar-refractivity contribution in [1.82, 2.24) is 0 Å². The first-order chi connectivity index (χ1) is 9.66. The average molecular weight is 258 g/mol. The van der Waals surface area contributed by atoms with Crippen LogP contribution in [-0.2, 0) is 6.42 Å². The van der Waals surface area contributed by atoms with E-state index >= 15 is 0 Å². The molecule has 0 N–H and O–H groups in total. The van der Waals surface area contributed by atoms with Crippen LogP contribution >= 0.6 is 0 Å². The van der Waals surface area contributed by atoms with E-state index < -0.39 is 0 Å². The number of benzene rings is 3. The van der Waals surface area contributed by atoms with E-state index in [2.05, 4.69) is 63.2 Å². The molecule has 0 saturated carbocycles. The second-order valence-electron chi connectivity index (χ2n) is 5.96. The Morgan fingerprint density at radius 1 is 0.750 bits per heavy atom. The van der Waals surface area contributed by atoms with Crippen LogP contribution in [0.2, 0.25) is 0 Å². The molecule has 0 aromatic heterocycles. The van der Waals surface area contributed by atoms with Gasteiger partial charge in [0.05, 0.1) is 0 Å². The average Bonchev–Trinajstić information content (AvgIpc) is 2.84. The van der Waals surface area contributed by atoms with Crippen LogP contribution in [0.5, 0.6) is 0 Å². The van der Waals surface area contributed by atoms with Gasteiger partial charge >= 0.3 is 0 Å². The zero-order chi connectivity index (χ0) is 13.9. The highest BCUT2D eigenvalue weighted by Gasteiger charge is 2.23. The Labute approximate surface area is 120 Å².